The number of Topliss-reactive ketones (excluding diaryl/α,β-unsaturated/α-hetero) is 1. The Morgan fingerprint density at radius 2 is 1.19 bits per heavy atom. The first-order valence-corrected chi connectivity index (χ1v) is 11.4. The topological polar surface area (TPSA) is 43.4 Å². The summed E-state index contributed by atoms with van der Waals surface area (Å²) in [6.07, 6.45) is 4.51. The highest BCUT2D eigenvalue weighted by atomic mass is 16.5. The van der Waals surface area contributed by atoms with E-state index in [4.69, 9.17) is 0 Å². The largest absolute Gasteiger partial charge is 0.469 e. The number of fused-ring (bicyclic) bond motifs is 2. The number of hydrogen-bond acceptors (Lipinski definition) is 3. The normalized spacial score (nSPS) is 11.7. The summed E-state index contributed by atoms with van der Waals surface area (Å²) in [5.74, 6) is 0.0286. The molecule has 0 radical (unpaired) electrons. The maximum absolute atomic E-state index is 13.1. The summed E-state index contributed by atoms with van der Waals surface area (Å²) >= 11 is 0. The predicted octanol–water partition coefficient (Wildman–Crippen LogP) is 7.43. The van der Waals surface area contributed by atoms with Crippen LogP contribution in [0.5, 0.6) is 0 Å². The minimum atomic E-state index is -0.165. The van der Waals surface area contributed by atoms with E-state index in [0.29, 0.717) is 12.8 Å². The Morgan fingerprint density at radius 1 is 0.625 bits per heavy atom. The highest BCUT2D eigenvalue weighted by Gasteiger charge is 2.17. The lowest BCUT2D eigenvalue weighted by molar-refractivity contribution is -0.140. The molecule has 0 atom stereocenters. The summed E-state index contributed by atoms with van der Waals surface area (Å²) in [5.41, 5.74) is 0.812. The Bertz CT molecular complexity index is 1400. The SMILES string of the molecule is COC(=O)CCCCCCC(=O)c1ccc2c3cccc4cccc(c5cccc1c52)c43. The summed E-state index contributed by atoms with van der Waals surface area (Å²) in [6, 6.07) is 23.4. The van der Waals surface area contributed by atoms with Crippen molar-refractivity contribution < 1.29 is 14.3 Å². The Labute approximate surface area is 187 Å². The van der Waals surface area contributed by atoms with Gasteiger partial charge in [0.2, 0.25) is 0 Å². The van der Waals surface area contributed by atoms with E-state index in [1.54, 1.807) is 0 Å². The molecule has 0 fully saturated rings. The van der Waals surface area contributed by atoms with Crippen LogP contribution in [0.2, 0.25) is 0 Å². The van der Waals surface area contributed by atoms with Gasteiger partial charge in [-0.1, -0.05) is 79.6 Å². The molecule has 0 aliphatic rings. The molecular formula is C29H26O3. The molecule has 0 saturated heterocycles. The molecule has 0 amide bonds. The van der Waals surface area contributed by atoms with Gasteiger partial charge < -0.3 is 4.74 Å². The number of methoxy groups -OCH3 is 1. The van der Waals surface area contributed by atoms with Crippen molar-refractivity contribution in [2.45, 2.75) is 38.5 Å². The summed E-state index contributed by atoms with van der Waals surface area (Å²) in [5, 5.41) is 9.66. The van der Waals surface area contributed by atoms with E-state index < -0.39 is 0 Å². The van der Waals surface area contributed by atoms with Gasteiger partial charge in [0.15, 0.2) is 5.78 Å². The van der Waals surface area contributed by atoms with Crippen LogP contribution in [0.4, 0.5) is 0 Å². The van der Waals surface area contributed by atoms with Crippen molar-refractivity contribution in [1.29, 1.82) is 0 Å². The van der Waals surface area contributed by atoms with Crippen LogP contribution in [0.25, 0.3) is 43.1 Å². The van der Waals surface area contributed by atoms with Gasteiger partial charge in [0.05, 0.1) is 7.11 Å². The summed E-state index contributed by atoms with van der Waals surface area (Å²) in [4.78, 5) is 24.3. The molecule has 32 heavy (non-hydrogen) atoms. The van der Waals surface area contributed by atoms with Crippen molar-refractivity contribution in [1.82, 2.24) is 0 Å². The molecule has 0 bridgehead atoms. The molecule has 0 N–H and O–H groups in total. The third-order valence-corrected chi connectivity index (χ3v) is 6.59. The molecule has 5 aromatic rings. The minimum absolute atomic E-state index is 0.165. The Balaban J connectivity index is 1.47. The van der Waals surface area contributed by atoms with E-state index in [-0.39, 0.29) is 11.8 Å². The van der Waals surface area contributed by atoms with E-state index in [2.05, 4.69) is 65.4 Å². The molecule has 3 nitrogen and oxygen atoms in total. The van der Waals surface area contributed by atoms with Crippen LogP contribution in [-0.2, 0) is 9.53 Å². The van der Waals surface area contributed by atoms with Crippen molar-refractivity contribution in [3.8, 4) is 0 Å². The Hall–Kier alpha value is -3.46. The molecule has 0 heterocycles. The Morgan fingerprint density at radius 3 is 1.88 bits per heavy atom. The lowest BCUT2D eigenvalue weighted by Gasteiger charge is -2.16. The zero-order chi connectivity index (χ0) is 22.1. The number of ether oxygens (including phenoxy) is 1. The third-order valence-electron chi connectivity index (χ3n) is 6.59. The Kier molecular flexibility index (Phi) is 5.48. The van der Waals surface area contributed by atoms with E-state index >= 15 is 0 Å². The molecule has 0 aliphatic heterocycles. The molecule has 5 rings (SSSR count). The van der Waals surface area contributed by atoms with Gasteiger partial charge in [-0.2, -0.15) is 0 Å². The number of benzene rings is 5. The molecule has 0 saturated carbocycles. The number of unbranched alkanes of at least 4 members (excludes halogenated alkanes) is 3. The number of rotatable bonds is 8. The van der Waals surface area contributed by atoms with Crippen LogP contribution >= 0.6 is 0 Å². The molecule has 3 heteroatoms. The van der Waals surface area contributed by atoms with Gasteiger partial charge in [-0.25, -0.2) is 0 Å². The molecule has 0 aromatic heterocycles. The second-order valence-corrected chi connectivity index (χ2v) is 8.51. The maximum atomic E-state index is 13.1. The van der Waals surface area contributed by atoms with Crippen LogP contribution in [0.1, 0.15) is 48.9 Å². The van der Waals surface area contributed by atoms with Gasteiger partial charge in [-0.3, -0.25) is 9.59 Å². The molecular weight excluding hydrogens is 396 g/mol. The number of carbonyl (C=O) groups excluding carboxylic acids is 2. The zero-order valence-electron chi connectivity index (χ0n) is 18.3. The lowest BCUT2D eigenvalue weighted by Crippen LogP contribution is -2.01. The summed E-state index contributed by atoms with van der Waals surface area (Å²) in [7, 11) is 1.42. The summed E-state index contributed by atoms with van der Waals surface area (Å²) < 4.78 is 4.67. The lowest BCUT2D eigenvalue weighted by atomic mass is 9.87. The quantitative estimate of drug-likeness (QED) is 0.0858. The van der Waals surface area contributed by atoms with E-state index in [1.165, 1.54) is 44.8 Å². The van der Waals surface area contributed by atoms with Gasteiger partial charge in [0, 0.05) is 18.4 Å². The van der Waals surface area contributed by atoms with E-state index in [1.807, 2.05) is 6.07 Å². The second-order valence-electron chi connectivity index (χ2n) is 8.51. The van der Waals surface area contributed by atoms with Gasteiger partial charge in [-0.15, -0.1) is 0 Å². The first kappa shape index (κ1) is 20.4. The minimum Gasteiger partial charge on any atom is -0.469 e. The van der Waals surface area contributed by atoms with Crippen LogP contribution in [0.3, 0.4) is 0 Å². The zero-order valence-corrected chi connectivity index (χ0v) is 18.3. The van der Waals surface area contributed by atoms with Crippen molar-refractivity contribution in [3.63, 3.8) is 0 Å². The number of esters is 1. The van der Waals surface area contributed by atoms with E-state index in [9.17, 15) is 9.59 Å². The summed E-state index contributed by atoms with van der Waals surface area (Å²) in [6.45, 7) is 0. The predicted molar refractivity (Wildman–Crippen MR) is 132 cm³/mol. The molecule has 0 unspecified atom stereocenters. The van der Waals surface area contributed by atoms with Gasteiger partial charge in [0.1, 0.15) is 0 Å². The van der Waals surface area contributed by atoms with Gasteiger partial charge in [-0.05, 0) is 55.9 Å². The molecule has 0 aliphatic carbocycles. The second kappa shape index (κ2) is 8.58. The fraction of sp³-hybridized carbons (Fsp3) is 0.241. The fourth-order valence-corrected chi connectivity index (χ4v) is 5.03. The van der Waals surface area contributed by atoms with Crippen LogP contribution in [0, 0.1) is 0 Å². The highest BCUT2D eigenvalue weighted by molar-refractivity contribution is 6.34. The van der Waals surface area contributed by atoms with Gasteiger partial charge in [0.25, 0.3) is 0 Å². The average molecular weight is 423 g/mol. The first-order valence-electron chi connectivity index (χ1n) is 11.4. The standard InChI is InChI=1S/C29H26O3/c1-32-27(31)16-5-3-2-4-15-26(30)20-17-18-25-23-12-7-10-19-9-6-11-22(28(19)23)24-14-8-13-21(20)29(24)25/h6-14,17-18H,2-5,15-16H2,1H3. The van der Waals surface area contributed by atoms with Gasteiger partial charge >= 0.3 is 5.97 Å². The van der Waals surface area contributed by atoms with Crippen LogP contribution in [0.15, 0.2) is 66.7 Å². The van der Waals surface area contributed by atoms with E-state index in [0.717, 1.165) is 36.6 Å². The maximum Gasteiger partial charge on any atom is 0.305 e. The third kappa shape index (κ3) is 3.48. The number of hydrogen-bond donors (Lipinski definition) is 0. The van der Waals surface area contributed by atoms with Crippen molar-refractivity contribution >= 4 is 54.8 Å². The fourth-order valence-electron chi connectivity index (χ4n) is 5.03. The monoisotopic (exact) mass is 422 g/mol. The van der Waals surface area contributed by atoms with Crippen LogP contribution in [-0.4, -0.2) is 18.9 Å². The van der Waals surface area contributed by atoms with Crippen molar-refractivity contribution in [2.75, 3.05) is 7.11 Å². The number of carbonyl (C=O) groups is 2. The first-order chi connectivity index (χ1) is 15.7. The smallest absolute Gasteiger partial charge is 0.305 e. The molecule has 0 spiro atoms. The molecule has 5 aromatic carbocycles. The highest BCUT2D eigenvalue weighted by Crippen LogP contribution is 2.41. The number of ketones is 1. The van der Waals surface area contributed by atoms with Crippen molar-refractivity contribution in [2.24, 2.45) is 0 Å². The van der Waals surface area contributed by atoms with Crippen molar-refractivity contribution in [3.05, 3.63) is 72.3 Å². The average Bonchev–Trinajstić information content (AvgIpc) is 2.83. The van der Waals surface area contributed by atoms with Crippen LogP contribution < -0.4 is 0 Å². The molecule has 160 valence electrons.